The van der Waals surface area contributed by atoms with Gasteiger partial charge in [0.2, 0.25) is 0 Å². The van der Waals surface area contributed by atoms with Crippen molar-refractivity contribution in [3.05, 3.63) is 35.9 Å². The minimum atomic E-state index is -0.244. The molecule has 0 aliphatic rings. The van der Waals surface area contributed by atoms with Gasteiger partial charge in [-0.05, 0) is 5.56 Å². The Hall–Kier alpha value is -1.02. The molecular weight excluding hydrogens is 200 g/mol. The van der Waals surface area contributed by atoms with Gasteiger partial charge >= 0.3 is 0 Å². The summed E-state index contributed by atoms with van der Waals surface area (Å²) in [6.07, 6.45) is -0.244. The summed E-state index contributed by atoms with van der Waals surface area (Å²) in [5.41, 5.74) is 0.979. The number of benzene rings is 1. The molecule has 1 aromatic carbocycles. The van der Waals surface area contributed by atoms with Crippen molar-refractivity contribution >= 4 is 18.1 Å². The van der Waals surface area contributed by atoms with Gasteiger partial charge < -0.3 is 4.74 Å². The van der Waals surface area contributed by atoms with Crippen molar-refractivity contribution in [3.63, 3.8) is 0 Å². The largest absolute Gasteiger partial charge is 0.459 e. The Morgan fingerprint density at radius 2 is 2.07 bits per heavy atom. The zero-order chi connectivity index (χ0) is 10.4. The highest BCUT2D eigenvalue weighted by Gasteiger charge is 2.19. The van der Waals surface area contributed by atoms with Gasteiger partial charge in [-0.2, -0.15) is 0 Å². The van der Waals surface area contributed by atoms with E-state index in [0.717, 1.165) is 5.56 Å². The summed E-state index contributed by atoms with van der Waals surface area (Å²) in [5.74, 6) is 0.581. The summed E-state index contributed by atoms with van der Waals surface area (Å²) in [5, 5.41) is 0. The standard InChI is InChI=1S/C11H13ClO2/c1-9(7-12)11(14-8-13)10-5-3-2-4-6-10/h2-6,8-9,11H,7H2,1H3. The molecule has 0 amide bonds. The zero-order valence-corrected chi connectivity index (χ0v) is 8.78. The maximum absolute atomic E-state index is 10.3. The lowest BCUT2D eigenvalue weighted by Gasteiger charge is -2.20. The second kappa shape index (κ2) is 5.66. The van der Waals surface area contributed by atoms with E-state index in [0.29, 0.717) is 12.4 Å². The van der Waals surface area contributed by atoms with Crippen molar-refractivity contribution in [2.75, 3.05) is 5.88 Å². The molecule has 3 heteroatoms. The first kappa shape index (κ1) is 11.1. The number of carbonyl (C=O) groups is 1. The average Bonchev–Trinajstić information content (AvgIpc) is 2.26. The van der Waals surface area contributed by atoms with Crippen molar-refractivity contribution in [2.24, 2.45) is 5.92 Å². The van der Waals surface area contributed by atoms with E-state index in [4.69, 9.17) is 16.3 Å². The topological polar surface area (TPSA) is 26.3 Å². The van der Waals surface area contributed by atoms with E-state index >= 15 is 0 Å². The molecule has 0 radical (unpaired) electrons. The first-order chi connectivity index (χ1) is 6.79. The summed E-state index contributed by atoms with van der Waals surface area (Å²) < 4.78 is 5.02. The molecule has 0 spiro atoms. The molecule has 1 aromatic rings. The molecule has 0 N–H and O–H groups in total. The quantitative estimate of drug-likeness (QED) is 0.554. The fourth-order valence-electron chi connectivity index (χ4n) is 1.32. The number of alkyl halides is 1. The molecule has 2 unspecified atom stereocenters. The Bertz CT molecular complexity index is 274. The lowest BCUT2D eigenvalue weighted by atomic mass is 9.99. The SMILES string of the molecule is CC(CCl)C(OC=O)c1ccccc1. The number of ether oxygens (including phenoxy) is 1. The van der Waals surface area contributed by atoms with E-state index in [1.165, 1.54) is 0 Å². The van der Waals surface area contributed by atoms with Gasteiger partial charge in [-0.25, -0.2) is 0 Å². The highest BCUT2D eigenvalue weighted by molar-refractivity contribution is 6.18. The highest BCUT2D eigenvalue weighted by Crippen LogP contribution is 2.25. The Morgan fingerprint density at radius 1 is 1.43 bits per heavy atom. The average molecular weight is 213 g/mol. The molecule has 0 heterocycles. The van der Waals surface area contributed by atoms with Gasteiger partial charge in [0.25, 0.3) is 6.47 Å². The summed E-state index contributed by atoms with van der Waals surface area (Å²) in [6, 6.07) is 9.61. The molecule has 0 aromatic heterocycles. The van der Waals surface area contributed by atoms with Gasteiger partial charge in [0.05, 0.1) is 0 Å². The van der Waals surface area contributed by atoms with Gasteiger partial charge in [0.15, 0.2) is 0 Å². The summed E-state index contributed by atoms with van der Waals surface area (Å²) in [7, 11) is 0. The van der Waals surface area contributed by atoms with Crippen LogP contribution in [0.1, 0.15) is 18.6 Å². The van der Waals surface area contributed by atoms with E-state index in [1.54, 1.807) is 0 Å². The second-order valence-electron chi connectivity index (χ2n) is 3.20. The maximum Gasteiger partial charge on any atom is 0.293 e. The summed E-state index contributed by atoms with van der Waals surface area (Å²) in [6.45, 7) is 2.43. The second-order valence-corrected chi connectivity index (χ2v) is 3.50. The molecule has 2 atom stereocenters. The lowest BCUT2D eigenvalue weighted by molar-refractivity contribution is -0.135. The van der Waals surface area contributed by atoms with Crippen LogP contribution in [0.5, 0.6) is 0 Å². The zero-order valence-electron chi connectivity index (χ0n) is 8.02. The molecule has 0 saturated heterocycles. The van der Waals surface area contributed by atoms with Crippen LogP contribution >= 0.6 is 11.6 Å². The van der Waals surface area contributed by atoms with Gasteiger partial charge in [0, 0.05) is 11.8 Å². The normalized spacial score (nSPS) is 14.4. The lowest BCUT2D eigenvalue weighted by Crippen LogP contribution is -2.14. The van der Waals surface area contributed by atoms with Crippen LogP contribution in [0.3, 0.4) is 0 Å². The van der Waals surface area contributed by atoms with Crippen molar-refractivity contribution in [1.82, 2.24) is 0 Å². The van der Waals surface area contributed by atoms with Crippen LogP contribution in [-0.4, -0.2) is 12.4 Å². The number of hydrogen-bond acceptors (Lipinski definition) is 2. The molecule has 14 heavy (non-hydrogen) atoms. The van der Waals surface area contributed by atoms with Crippen molar-refractivity contribution < 1.29 is 9.53 Å². The first-order valence-corrected chi connectivity index (χ1v) is 5.03. The fraction of sp³-hybridized carbons (Fsp3) is 0.364. The monoisotopic (exact) mass is 212 g/mol. The third-order valence-electron chi connectivity index (χ3n) is 2.09. The van der Waals surface area contributed by atoms with Crippen LogP contribution < -0.4 is 0 Å². The predicted molar refractivity (Wildman–Crippen MR) is 56.2 cm³/mol. The van der Waals surface area contributed by atoms with E-state index in [9.17, 15) is 4.79 Å². The van der Waals surface area contributed by atoms with E-state index in [-0.39, 0.29) is 12.0 Å². The molecule has 76 valence electrons. The van der Waals surface area contributed by atoms with E-state index < -0.39 is 0 Å². The maximum atomic E-state index is 10.3. The van der Waals surface area contributed by atoms with Gasteiger partial charge in [-0.15, -0.1) is 11.6 Å². The Morgan fingerprint density at radius 3 is 2.57 bits per heavy atom. The van der Waals surface area contributed by atoms with Crippen LogP contribution in [0, 0.1) is 5.92 Å². The number of rotatable bonds is 5. The molecule has 0 aliphatic heterocycles. The van der Waals surface area contributed by atoms with E-state index in [2.05, 4.69) is 0 Å². The van der Waals surface area contributed by atoms with Crippen LogP contribution in [-0.2, 0) is 9.53 Å². The van der Waals surface area contributed by atoms with Crippen LogP contribution in [0.15, 0.2) is 30.3 Å². The van der Waals surface area contributed by atoms with Crippen LogP contribution in [0.2, 0.25) is 0 Å². The Balaban J connectivity index is 2.82. The van der Waals surface area contributed by atoms with E-state index in [1.807, 2.05) is 37.3 Å². The molecule has 0 aliphatic carbocycles. The number of halogens is 1. The minimum Gasteiger partial charge on any atom is -0.459 e. The van der Waals surface area contributed by atoms with Crippen LogP contribution in [0.25, 0.3) is 0 Å². The Kier molecular flexibility index (Phi) is 4.47. The Labute approximate surface area is 88.8 Å². The molecule has 0 fully saturated rings. The molecule has 0 saturated carbocycles. The fourth-order valence-corrected chi connectivity index (χ4v) is 1.49. The highest BCUT2D eigenvalue weighted by atomic mass is 35.5. The van der Waals surface area contributed by atoms with Gasteiger partial charge in [0.1, 0.15) is 6.10 Å². The third kappa shape index (κ3) is 2.74. The molecule has 0 bridgehead atoms. The minimum absolute atomic E-state index is 0.115. The molecule has 2 nitrogen and oxygen atoms in total. The first-order valence-electron chi connectivity index (χ1n) is 4.49. The predicted octanol–water partition coefficient (Wildman–Crippen LogP) is 2.78. The smallest absolute Gasteiger partial charge is 0.293 e. The van der Waals surface area contributed by atoms with Crippen LogP contribution in [0.4, 0.5) is 0 Å². The molecule has 1 rings (SSSR count). The molecular formula is C11H13ClO2. The van der Waals surface area contributed by atoms with Gasteiger partial charge in [-0.1, -0.05) is 37.3 Å². The van der Waals surface area contributed by atoms with Crippen molar-refractivity contribution in [3.8, 4) is 0 Å². The third-order valence-corrected chi connectivity index (χ3v) is 2.58. The van der Waals surface area contributed by atoms with Gasteiger partial charge in [-0.3, -0.25) is 4.79 Å². The number of carbonyl (C=O) groups excluding carboxylic acids is 1. The number of hydrogen-bond donors (Lipinski definition) is 0. The van der Waals surface area contributed by atoms with Crippen molar-refractivity contribution in [2.45, 2.75) is 13.0 Å². The summed E-state index contributed by atoms with van der Waals surface area (Å²) in [4.78, 5) is 10.3. The van der Waals surface area contributed by atoms with Crippen molar-refractivity contribution in [1.29, 1.82) is 0 Å². The summed E-state index contributed by atoms with van der Waals surface area (Å²) >= 11 is 5.74.